The maximum atomic E-state index is 13.9. The van der Waals surface area contributed by atoms with E-state index in [0.29, 0.717) is 35.5 Å². The van der Waals surface area contributed by atoms with E-state index >= 15 is 0 Å². The third-order valence-corrected chi connectivity index (χ3v) is 7.44. The molecule has 1 aliphatic heterocycles. The Morgan fingerprint density at radius 1 is 0.875 bits per heavy atom. The van der Waals surface area contributed by atoms with Crippen LogP contribution in [0.15, 0.2) is 60.7 Å². The van der Waals surface area contributed by atoms with Gasteiger partial charge in [-0.1, -0.05) is 18.2 Å². The lowest BCUT2D eigenvalue weighted by molar-refractivity contribution is -0.137. The number of benzene rings is 3. The molecule has 1 heterocycles. The lowest BCUT2D eigenvalue weighted by Gasteiger charge is -2.30. The maximum absolute atomic E-state index is 13.9. The van der Waals surface area contributed by atoms with Crippen LogP contribution in [0.2, 0.25) is 0 Å². The fourth-order valence-electron chi connectivity index (χ4n) is 5.27. The van der Waals surface area contributed by atoms with Gasteiger partial charge in [-0.25, -0.2) is 0 Å². The number of halogens is 3. The number of alkyl halides is 3. The van der Waals surface area contributed by atoms with Gasteiger partial charge in [0.25, 0.3) is 5.91 Å². The van der Waals surface area contributed by atoms with Crippen molar-refractivity contribution in [3.63, 3.8) is 0 Å². The van der Waals surface area contributed by atoms with Crippen molar-refractivity contribution in [2.75, 3.05) is 12.1 Å². The first-order valence-electron chi connectivity index (χ1n) is 13.3. The normalized spacial score (nSPS) is 15.3. The highest BCUT2D eigenvalue weighted by atomic mass is 19.4. The summed E-state index contributed by atoms with van der Waals surface area (Å²) in [7, 11) is 0. The topological polar surface area (TPSA) is 67.9 Å². The van der Waals surface area contributed by atoms with Crippen molar-refractivity contribution in [1.82, 2.24) is 4.90 Å². The lowest BCUT2D eigenvalue weighted by atomic mass is 9.94. The Balaban J connectivity index is 0.00000387. The minimum absolute atomic E-state index is 0. The van der Waals surface area contributed by atoms with E-state index in [-0.39, 0.29) is 43.4 Å². The molecule has 0 aromatic heterocycles. The van der Waals surface area contributed by atoms with Crippen LogP contribution in [0.5, 0.6) is 11.5 Å². The third-order valence-electron chi connectivity index (χ3n) is 7.44. The summed E-state index contributed by atoms with van der Waals surface area (Å²) in [5, 5.41) is 2.73. The largest absolute Gasteiger partial charge is 0.454 e. The number of hydrogen-bond acceptors (Lipinski definition) is 4. The van der Waals surface area contributed by atoms with E-state index in [9.17, 15) is 22.8 Å². The van der Waals surface area contributed by atoms with Crippen molar-refractivity contribution in [2.45, 2.75) is 64.2 Å². The van der Waals surface area contributed by atoms with Crippen LogP contribution < -0.4 is 14.8 Å². The molecule has 40 heavy (non-hydrogen) atoms. The molecule has 0 spiro atoms. The first kappa shape index (κ1) is 27.6. The van der Waals surface area contributed by atoms with E-state index in [2.05, 4.69) is 5.32 Å². The summed E-state index contributed by atoms with van der Waals surface area (Å²) >= 11 is 0. The predicted octanol–water partition coefficient (Wildman–Crippen LogP) is 7.28. The third kappa shape index (κ3) is 5.24. The van der Waals surface area contributed by atoms with Gasteiger partial charge in [0.15, 0.2) is 11.5 Å². The Morgan fingerprint density at radius 3 is 2.12 bits per heavy atom. The van der Waals surface area contributed by atoms with Crippen molar-refractivity contribution < 1.29 is 33.7 Å². The summed E-state index contributed by atoms with van der Waals surface area (Å²) < 4.78 is 52.4. The molecule has 6 nitrogen and oxygen atoms in total. The Kier molecular flexibility index (Phi) is 7.02. The second-order valence-corrected chi connectivity index (χ2v) is 10.9. The smallest absolute Gasteiger partial charge is 0.416 e. The molecule has 0 unspecified atom stereocenters. The second kappa shape index (κ2) is 10.2. The van der Waals surface area contributed by atoms with Gasteiger partial charge >= 0.3 is 6.18 Å². The predicted molar refractivity (Wildman–Crippen MR) is 148 cm³/mol. The Morgan fingerprint density at radius 2 is 1.52 bits per heavy atom. The standard InChI is InChI=1S/C31H31F3N2O4.H2/c1-18(2)36(19(3)4)28(37)21-7-5-20(6-8-21)22-13-24(31(32,33)34)15-25(14-22)35-29(38)30(11-12-30)23-9-10-26-27(16-23)40-17-39-26;/h5-10,13-16,18-19H,11-12,17H2,1-4H3,(H,35,38);1H. The van der Waals surface area contributed by atoms with Gasteiger partial charge in [-0.15, -0.1) is 0 Å². The Bertz CT molecular complexity index is 1440. The van der Waals surface area contributed by atoms with E-state index in [0.717, 1.165) is 17.7 Å². The van der Waals surface area contributed by atoms with Gasteiger partial charge in [0.1, 0.15) is 0 Å². The first-order chi connectivity index (χ1) is 18.9. The van der Waals surface area contributed by atoms with E-state index in [1.54, 1.807) is 47.4 Å². The van der Waals surface area contributed by atoms with E-state index < -0.39 is 17.2 Å². The molecule has 0 radical (unpaired) electrons. The SMILES string of the molecule is CC(C)N(C(=O)c1ccc(-c2cc(NC(=O)C3(c4ccc5c(c4)OCO5)CC3)cc(C(F)(F)F)c2)cc1)C(C)C.[HH]. The van der Waals surface area contributed by atoms with E-state index in [4.69, 9.17) is 9.47 Å². The van der Waals surface area contributed by atoms with Crippen molar-refractivity contribution in [3.8, 4) is 22.6 Å². The van der Waals surface area contributed by atoms with Gasteiger partial charge in [-0.2, -0.15) is 13.2 Å². The fourth-order valence-corrected chi connectivity index (χ4v) is 5.27. The molecule has 1 aliphatic carbocycles. The summed E-state index contributed by atoms with van der Waals surface area (Å²) in [6, 6.07) is 15.3. The highest BCUT2D eigenvalue weighted by molar-refractivity contribution is 6.02. The molecule has 0 bridgehead atoms. The molecule has 1 fully saturated rings. The number of fused-ring (bicyclic) bond motifs is 1. The molecule has 212 valence electrons. The van der Waals surface area contributed by atoms with Crippen molar-refractivity contribution in [1.29, 1.82) is 0 Å². The monoisotopic (exact) mass is 554 g/mol. The van der Waals surface area contributed by atoms with Gasteiger partial charge < -0.3 is 19.7 Å². The van der Waals surface area contributed by atoms with Crippen LogP contribution in [-0.4, -0.2) is 35.6 Å². The molecule has 1 N–H and O–H groups in total. The number of nitrogens with zero attached hydrogens (tertiary/aromatic N) is 1. The summed E-state index contributed by atoms with van der Waals surface area (Å²) in [5.74, 6) is 0.618. The summed E-state index contributed by atoms with van der Waals surface area (Å²) in [6.07, 6.45) is -3.47. The number of hydrogen-bond donors (Lipinski definition) is 1. The highest BCUT2D eigenvalue weighted by Gasteiger charge is 2.51. The van der Waals surface area contributed by atoms with Crippen molar-refractivity contribution >= 4 is 17.5 Å². The van der Waals surface area contributed by atoms with Crippen molar-refractivity contribution in [3.05, 3.63) is 77.4 Å². The number of nitrogens with one attached hydrogen (secondary N) is 1. The second-order valence-electron chi connectivity index (χ2n) is 10.9. The molecule has 0 saturated heterocycles. The minimum atomic E-state index is -4.62. The van der Waals surface area contributed by atoms with Crippen molar-refractivity contribution in [2.24, 2.45) is 0 Å². The lowest BCUT2D eigenvalue weighted by Crippen LogP contribution is -2.42. The Labute approximate surface area is 232 Å². The van der Waals surface area contributed by atoms with Crippen LogP contribution in [0, 0.1) is 0 Å². The molecule has 5 rings (SSSR count). The maximum Gasteiger partial charge on any atom is 0.416 e. The minimum Gasteiger partial charge on any atom is -0.454 e. The number of amides is 2. The molecule has 1 saturated carbocycles. The molecule has 9 heteroatoms. The van der Waals surface area contributed by atoms with Crippen LogP contribution in [0.3, 0.4) is 0 Å². The van der Waals surface area contributed by atoms with Gasteiger partial charge in [0.05, 0.1) is 11.0 Å². The van der Waals surface area contributed by atoms with Gasteiger partial charge in [-0.05, 0) is 99.7 Å². The first-order valence-corrected chi connectivity index (χ1v) is 13.3. The number of anilines is 1. The molecule has 2 amide bonds. The molecule has 3 aromatic rings. The highest BCUT2D eigenvalue weighted by Crippen LogP contribution is 2.51. The summed E-state index contributed by atoms with van der Waals surface area (Å²) in [6.45, 7) is 7.84. The molecule has 3 aromatic carbocycles. The van der Waals surface area contributed by atoms with Crippen LogP contribution in [0.1, 0.15) is 63.4 Å². The zero-order valence-corrected chi connectivity index (χ0v) is 22.8. The van der Waals surface area contributed by atoms with Gasteiger partial charge in [0, 0.05) is 24.8 Å². The van der Waals surface area contributed by atoms with Crippen LogP contribution in [0.25, 0.3) is 11.1 Å². The van der Waals surface area contributed by atoms with Crippen LogP contribution >= 0.6 is 0 Å². The van der Waals surface area contributed by atoms with E-state index in [1.165, 1.54) is 6.07 Å². The number of carbonyl (C=O) groups excluding carboxylic acids is 2. The average molecular weight is 555 g/mol. The zero-order valence-electron chi connectivity index (χ0n) is 22.8. The molecular weight excluding hydrogens is 521 g/mol. The fraction of sp³-hybridized carbons (Fsp3) is 0.355. The molecular formula is C31H33F3N2O4. The summed E-state index contributed by atoms with van der Waals surface area (Å²) in [4.78, 5) is 28.2. The number of carbonyl (C=O) groups is 2. The Hall–Kier alpha value is -4.01. The van der Waals surface area contributed by atoms with E-state index in [1.807, 2.05) is 27.7 Å². The molecule has 0 atom stereocenters. The molecule has 2 aliphatic rings. The number of rotatable bonds is 7. The quantitative estimate of drug-likeness (QED) is 0.333. The van der Waals surface area contributed by atoms with Gasteiger partial charge in [0.2, 0.25) is 12.7 Å². The van der Waals surface area contributed by atoms with Crippen LogP contribution in [0.4, 0.5) is 18.9 Å². The van der Waals surface area contributed by atoms with Crippen LogP contribution in [-0.2, 0) is 16.4 Å². The average Bonchev–Trinajstić information content (AvgIpc) is 3.58. The number of ether oxygens (including phenoxy) is 2. The van der Waals surface area contributed by atoms with Gasteiger partial charge in [-0.3, -0.25) is 9.59 Å². The zero-order chi connectivity index (χ0) is 28.8. The summed E-state index contributed by atoms with van der Waals surface area (Å²) in [5.41, 5.74) is 0.296.